The van der Waals surface area contributed by atoms with E-state index in [9.17, 15) is 0 Å². The Kier molecular flexibility index (Phi) is 7.14. The molecule has 0 aliphatic carbocycles. The van der Waals surface area contributed by atoms with Gasteiger partial charge in [0.15, 0.2) is 0 Å². The van der Waals surface area contributed by atoms with Gasteiger partial charge in [0.05, 0.1) is 6.61 Å². The van der Waals surface area contributed by atoms with E-state index in [2.05, 4.69) is 15.1 Å². The zero-order chi connectivity index (χ0) is 13.3. The molecule has 0 spiro atoms. The molecule has 4 heteroatoms. The Bertz CT molecular complexity index is 231. The third-order valence-corrected chi connectivity index (χ3v) is 4.48. The predicted molar refractivity (Wildman–Crippen MR) is 79.6 cm³/mol. The van der Waals surface area contributed by atoms with Crippen LogP contribution in [0.25, 0.3) is 0 Å². The van der Waals surface area contributed by atoms with Crippen LogP contribution in [0.15, 0.2) is 0 Å². The van der Waals surface area contributed by atoms with Crippen molar-refractivity contribution in [2.75, 3.05) is 59.5 Å². The number of hydrogen-bond acceptors (Lipinski definition) is 4. The van der Waals surface area contributed by atoms with Crippen molar-refractivity contribution in [3.63, 3.8) is 0 Å². The van der Waals surface area contributed by atoms with Crippen LogP contribution in [0.3, 0.4) is 0 Å². The van der Waals surface area contributed by atoms with E-state index < -0.39 is 0 Å². The van der Waals surface area contributed by atoms with Crippen LogP contribution >= 0.6 is 0 Å². The lowest BCUT2D eigenvalue weighted by Gasteiger charge is -2.25. The summed E-state index contributed by atoms with van der Waals surface area (Å²) in [5.74, 6) is 0. The second-order valence-electron chi connectivity index (χ2n) is 5.93. The number of nitrogens with zero attached hydrogens (tertiary/aromatic N) is 2. The van der Waals surface area contributed by atoms with E-state index in [-0.39, 0.29) is 0 Å². The second-order valence-corrected chi connectivity index (χ2v) is 5.93. The van der Waals surface area contributed by atoms with Crippen molar-refractivity contribution in [3.05, 3.63) is 0 Å². The van der Waals surface area contributed by atoms with Crippen LogP contribution in [0.5, 0.6) is 0 Å². The lowest BCUT2D eigenvalue weighted by atomic mass is 10.2. The maximum Gasteiger partial charge on any atom is 0.0587 e. The third kappa shape index (κ3) is 5.38. The van der Waals surface area contributed by atoms with E-state index in [1.807, 2.05) is 0 Å². The molecule has 2 rings (SSSR count). The standard InChI is InChI=1S/C15H31N3O/c1-19-13-7-16-14-15-6-4-11-18(15)12-5-10-17-8-2-3-9-17/h15-16H,2-14H2,1H3. The van der Waals surface area contributed by atoms with Gasteiger partial charge in [-0.3, -0.25) is 4.90 Å². The maximum absolute atomic E-state index is 5.07. The fraction of sp³-hybridized carbons (Fsp3) is 1.00. The molecule has 4 nitrogen and oxygen atoms in total. The first-order valence-electron chi connectivity index (χ1n) is 8.06. The fourth-order valence-electron chi connectivity index (χ4n) is 3.37. The molecule has 2 aliphatic heterocycles. The largest absolute Gasteiger partial charge is 0.383 e. The van der Waals surface area contributed by atoms with Crippen molar-refractivity contribution in [3.8, 4) is 0 Å². The Balaban J connectivity index is 1.55. The molecule has 2 fully saturated rings. The minimum atomic E-state index is 0.760. The van der Waals surface area contributed by atoms with Crippen LogP contribution in [-0.4, -0.2) is 75.4 Å². The van der Waals surface area contributed by atoms with E-state index in [1.165, 1.54) is 64.8 Å². The quantitative estimate of drug-likeness (QED) is 0.636. The van der Waals surface area contributed by atoms with Crippen LogP contribution in [-0.2, 0) is 4.74 Å². The molecule has 112 valence electrons. The van der Waals surface area contributed by atoms with Gasteiger partial charge in [0.2, 0.25) is 0 Å². The van der Waals surface area contributed by atoms with Gasteiger partial charge in [0.1, 0.15) is 0 Å². The molecule has 0 aromatic heterocycles. The Morgan fingerprint density at radius 3 is 2.74 bits per heavy atom. The Morgan fingerprint density at radius 1 is 1.11 bits per heavy atom. The van der Waals surface area contributed by atoms with Gasteiger partial charge in [-0.2, -0.15) is 0 Å². The highest BCUT2D eigenvalue weighted by Crippen LogP contribution is 2.17. The maximum atomic E-state index is 5.07. The normalized spacial score (nSPS) is 25.4. The molecule has 1 N–H and O–H groups in total. The van der Waals surface area contributed by atoms with E-state index in [1.54, 1.807) is 7.11 Å². The molecule has 0 aromatic carbocycles. The molecular weight excluding hydrogens is 238 g/mol. The van der Waals surface area contributed by atoms with Crippen molar-refractivity contribution in [1.82, 2.24) is 15.1 Å². The molecule has 19 heavy (non-hydrogen) atoms. The second kappa shape index (κ2) is 8.90. The molecule has 2 heterocycles. The molecule has 1 atom stereocenters. The summed E-state index contributed by atoms with van der Waals surface area (Å²) in [4.78, 5) is 5.32. The molecule has 1 unspecified atom stereocenters. The minimum Gasteiger partial charge on any atom is -0.383 e. The van der Waals surface area contributed by atoms with Gasteiger partial charge < -0.3 is 15.0 Å². The third-order valence-electron chi connectivity index (χ3n) is 4.48. The fourth-order valence-corrected chi connectivity index (χ4v) is 3.37. The predicted octanol–water partition coefficient (Wildman–Crippen LogP) is 1.17. The Morgan fingerprint density at radius 2 is 1.95 bits per heavy atom. The summed E-state index contributed by atoms with van der Waals surface area (Å²) >= 11 is 0. The molecule has 0 radical (unpaired) electrons. The van der Waals surface area contributed by atoms with Gasteiger partial charge in [0, 0.05) is 26.2 Å². The monoisotopic (exact) mass is 269 g/mol. The summed E-state index contributed by atoms with van der Waals surface area (Å²) in [5, 5.41) is 3.51. The van der Waals surface area contributed by atoms with Crippen LogP contribution in [0.4, 0.5) is 0 Å². The lowest BCUT2D eigenvalue weighted by molar-refractivity contribution is 0.190. The highest BCUT2D eigenvalue weighted by molar-refractivity contribution is 4.81. The summed E-state index contributed by atoms with van der Waals surface area (Å²) in [6, 6.07) is 0.760. The van der Waals surface area contributed by atoms with Crippen LogP contribution in [0.2, 0.25) is 0 Å². The SMILES string of the molecule is COCCNCC1CCCN1CCCN1CCCC1. The average molecular weight is 269 g/mol. The lowest BCUT2D eigenvalue weighted by Crippen LogP contribution is -2.40. The number of methoxy groups -OCH3 is 1. The topological polar surface area (TPSA) is 27.7 Å². The van der Waals surface area contributed by atoms with Crippen molar-refractivity contribution in [2.24, 2.45) is 0 Å². The zero-order valence-corrected chi connectivity index (χ0v) is 12.6. The van der Waals surface area contributed by atoms with Crippen LogP contribution in [0, 0.1) is 0 Å². The molecule has 0 saturated carbocycles. The molecule has 0 aromatic rings. The van der Waals surface area contributed by atoms with E-state index in [0.29, 0.717) is 0 Å². The highest BCUT2D eigenvalue weighted by atomic mass is 16.5. The summed E-state index contributed by atoms with van der Waals surface area (Å²) in [6.07, 6.45) is 6.91. The van der Waals surface area contributed by atoms with Crippen molar-refractivity contribution in [1.29, 1.82) is 0 Å². The molecule has 0 amide bonds. The first-order valence-corrected chi connectivity index (χ1v) is 8.06. The molecular formula is C15H31N3O. The Labute approximate surface area is 118 Å². The number of hydrogen-bond donors (Lipinski definition) is 1. The highest BCUT2D eigenvalue weighted by Gasteiger charge is 2.23. The molecule has 0 bridgehead atoms. The molecule has 2 saturated heterocycles. The summed E-state index contributed by atoms with van der Waals surface area (Å²) < 4.78 is 5.07. The smallest absolute Gasteiger partial charge is 0.0587 e. The van der Waals surface area contributed by atoms with Gasteiger partial charge in [-0.15, -0.1) is 0 Å². The van der Waals surface area contributed by atoms with Crippen molar-refractivity contribution in [2.45, 2.75) is 38.1 Å². The van der Waals surface area contributed by atoms with Crippen LogP contribution < -0.4 is 5.32 Å². The summed E-state index contributed by atoms with van der Waals surface area (Å²) in [6.45, 7) is 9.50. The minimum absolute atomic E-state index is 0.760. The van der Waals surface area contributed by atoms with E-state index >= 15 is 0 Å². The average Bonchev–Trinajstić information content (AvgIpc) is 3.07. The summed E-state index contributed by atoms with van der Waals surface area (Å²) in [7, 11) is 1.77. The Hall–Kier alpha value is -0.160. The zero-order valence-electron chi connectivity index (χ0n) is 12.6. The number of nitrogens with one attached hydrogen (secondary N) is 1. The van der Waals surface area contributed by atoms with E-state index in [4.69, 9.17) is 4.74 Å². The summed E-state index contributed by atoms with van der Waals surface area (Å²) in [5.41, 5.74) is 0. The molecule has 2 aliphatic rings. The first kappa shape index (κ1) is 15.2. The van der Waals surface area contributed by atoms with Gasteiger partial charge >= 0.3 is 0 Å². The van der Waals surface area contributed by atoms with Gasteiger partial charge in [0.25, 0.3) is 0 Å². The number of ether oxygens (including phenoxy) is 1. The van der Waals surface area contributed by atoms with Gasteiger partial charge in [-0.1, -0.05) is 0 Å². The van der Waals surface area contributed by atoms with Crippen LogP contribution in [0.1, 0.15) is 32.1 Å². The first-order chi connectivity index (χ1) is 9.40. The van der Waals surface area contributed by atoms with Gasteiger partial charge in [-0.25, -0.2) is 0 Å². The van der Waals surface area contributed by atoms with E-state index in [0.717, 1.165) is 25.7 Å². The van der Waals surface area contributed by atoms with Gasteiger partial charge in [-0.05, 0) is 64.8 Å². The van der Waals surface area contributed by atoms with Crippen molar-refractivity contribution >= 4 is 0 Å². The number of likely N-dealkylation sites (tertiary alicyclic amines) is 2. The van der Waals surface area contributed by atoms with Crippen molar-refractivity contribution < 1.29 is 4.74 Å². The number of rotatable bonds is 9.